The molecule has 11 rings (SSSR count). The van der Waals surface area contributed by atoms with Crippen LogP contribution in [0.3, 0.4) is 0 Å². The van der Waals surface area contributed by atoms with Gasteiger partial charge in [0.2, 0.25) is 0 Å². The van der Waals surface area contributed by atoms with Crippen molar-refractivity contribution in [1.82, 2.24) is 15.0 Å². The molecule has 0 saturated carbocycles. The predicted molar refractivity (Wildman–Crippen MR) is 230 cm³/mol. The number of hydrogen-bond acceptors (Lipinski definition) is 4. The predicted octanol–water partition coefficient (Wildman–Crippen LogP) is 12.8. The van der Waals surface area contributed by atoms with E-state index in [2.05, 4.69) is 172 Å². The number of para-hydroxylation sites is 2. The first kappa shape index (κ1) is 33.2. The third kappa shape index (κ3) is 5.11. The molecule has 1 spiro atoms. The standard InChI is InChI=1S/C53H37N3O/c1-52(2)41-18-8-9-19-43(41)53(44-20-10-12-22-47(44)57-48-23-13-11-21-45(48)53)46-33-39(30-31-42(46)52)35-24-27-37(28-25-35)50-54-49(36-15-4-3-5-16-36)55-51(56-50)40-29-26-34-14-6-7-17-38(34)32-40/h3-33H,1-2H3. The van der Waals surface area contributed by atoms with Crippen molar-refractivity contribution >= 4 is 10.8 Å². The van der Waals surface area contributed by atoms with Crippen LogP contribution in [0, 0.1) is 0 Å². The van der Waals surface area contributed by atoms with E-state index in [1.165, 1.54) is 27.6 Å². The lowest BCUT2D eigenvalue weighted by atomic mass is 9.53. The average molecular weight is 732 g/mol. The molecule has 2 aliphatic rings. The number of aromatic nitrogens is 3. The molecule has 0 N–H and O–H groups in total. The minimum atomic E-state index is -0.569. The highest BCUT2D eigenvalue weighted by atomic mass is 16.5. The lowest BCUT2D eigenvalue weighted by molar-refractivity contribution is 0.425. The number of nitrogens with zero attached hydrogens (tertiary/aromatic N) is 3. The van der Waals surface area contributed by atoms with Crippen molar-refractivity contribution in [1.29, 1.82) is 0 Å². The summed E-state index contributed by atoms with van der Waals surface area (Å²) in [6.07, 6.45) is 0. The van der Waals surface area contributed by atoms with E-state index >= 15 is 0 Å². The van der Waals surface area contributed by atoms with Gasteiger partial charge in [0.1, 0.15) is 11.5 Å². The molecular formula is C53H37N3O. The Morgan fingerprint density at radius 2 is 0.807 bits per heavy atom. The summed E-state index contributed by atoms with van der Waals surface area (Å²) in [6.45, 7) is 4.71. The largest absolute Gasteiger partial charge is 0.457 e. The molecule has 9 aromatic rings. The van der Waals surface area contributed by atoms with Crippen LogP contribution in [0.15, 0.2) is 188 Å². The van der Waals surface area contributed by atoms with Gasteiger partial charge in [-0.25, -0.2) is 15.0 Å². The van der Waals surface area contributed by atoms with Crippen molar-refractivity contribution in [2.45, 2.75) is 24.7 Å². The van der Waals surface area contributed by atoms with Crippen molar-refractivity contribution in [3.05, 3.63) is 221 Å². The Morgan fingerprint density at radius 1 is 0.333 bits per heavy atom. The normalized spacial score (nSPS) is 14.2. The Balaban J connectivity index is 1.06. The fourth-order valence-electron chi connectivity index (χ4n) is 9.29. The summed E-state index contributed by atoms with van der Waals surface area (Å²) >= 11 is 0. The first-order chi connectivity index (χ1) is 28.0. The molecule has 270 valence electrons. The zero-order valence-electron chi connectivity index (χ0n) is 31.6. The molecule has 2 heterocycles. The maximum Gasteiger partial charge on any atom is 0.164 e. The van der Waals surface area contributed by atoms with Gasteiger partial charge in [-0.3, -0.25) is 0 Å². The lowest BCUT2D eigenvalue weighted by Gasteiger charge is -2.50. The minimum Gasteiger partial charge on any atom is -0.457 e. The molecule has 1 aromatic heterocycles. The number of ether oxygens (including phenoxy) is 1. The molecule has 0 amide bonds. The molecule has 0 unspecified atom stereocenters. The summed E-state index contributed by atoms with van der Waals surface area (Å²) in [5.74, 6) is 3.71. The van der Waals surface area contributed by atoms with Gasteiger partial charge in [-0.05, 0) is 68.4 Å². The van der Waals surface area contributed by atoms with Crippen LogP contribution in [0.5, 0.6) is 11.5 Å². The number of benzene rings is 8. The van der Waals surface area contributed by atoms with Gasteiger partial charge in [0.15, 0.2) is 17.5 Å². The summed E-state index contributed by atoms with van der Waals surface area (Å²) in [7, 11) is 0. The highest BCUT2D eigenvalue weighted by molar-refractivity contribution is 5.87. The van der Waals surface area contributed by atoms with Crippen LogP contribution < -0.4 is 4.74 Å². The fraction of sp³-hybridized carbons (Fsp3) is 0.0755. The van der Waals surface area contributed by atoms with E-state index in [-0.39, 0.29) is 5.41 Å². The van der Waals surface area contributed by atoms with Gasteiger partial charge < -0.3 is 4.74 Å². The molecule has 57 heavy (non-hydrogen) atoms. The monoisotopic (exact) mass is 731 g/mol. The van der Waals surface area contributed by atoms with E-state index in [9.17, 15) is 0 Å². The van der Waals surface area contributed by atoms with E-state index in [1.807, 2.05) is 30.3 Å². The van der Waals surface area contributed by atoms with Crippen LogP contribution in [0.25, 0.3) is 56.1 Å². The molecule has 0 radical (unpaired) electrons. The lowest BCUT2D eigenvalue weighted by Crippen LogP contribution is -2.43. The second-order valence-corrected chi connectivity index (χ2v) is 15.6. The molecule has 0 bridgehead atoms. The zero-order chi connectivity index (χ0) is 38.1. The third-order valence-electron chi connectivity index (χ3n) is 12.1. The Bertz CT molecular complexity index is 2980. The van der Waals surface area contributed by atoms with Crippen molar-refractivity contribution in [3.8, 4) is 56.8 Å². The molecular weight excluding hydrogens is 695 g/mol. The maximum atomic E-state index is 6.63. The molecule has 1 aliphatic heterocycles. The molecule has 0 fully saturated rings. The van der Waals surface area contributed by atoms with Crippen LogP contribution in [0.1, 0.15) is 47.2 Å². The molecule has 0 atom stereocenters. The van der Waals surface area contributed by atoms with Crippen LogP contribution in [-0.4, -0.2) is 15.0 Å². The number of rotatable bonds is 4. The van der Waals surface area contributed by atoms with Crippen molar-refractivity contribution in [3.63, 3.8) is 0 Å². The van der Waals surface area contributed by atoms with Gasteiger partial charge in [-0.1, -0.05) is 178 Å². The molecule has 1 aliphatic carbocycles. The Kier molecular flexibility index (Phi) is 7.39. The SMILES string of the molecule is CC1(C)c2ccccc2C2(c3ccccc3Oc3ccccc32)c2cc(-c3ccc(-c4nc(-c5ccccc5)nc(-c5ccc6ccccc6c5)n4)cc3)ccc21. The smallest absolute Gasteiger partial charge is 0.164 e. The minimum absolute atomic E-state index is 0.223. The topological polar surface area (TPSA) is 47.9 Å². The van der Waals surface area contributed by atoms with E-state index in [4.69, 9.17) is 19.7 Å². The zero-order valence-corrected chi connectivity index (χ0v) is 31.6. The van der Waals surface area contributed by atoms with Gasteiger partial charge in [0.05, 0.1) is 5.41 Å². The highest BCUT2D eigenvalue weighted by Gasteiger charge is 2.52. The second-order valence-electron chi connectivity index (χ2n) is 15.6. The molecule has 0 saturated heterocycles. The first-order valence-corrected chi connectivity index (χ1v) is 19.5. The van der Waals surface area contributed by atoms with E-state index in [1.54, 1.807) is 0 Å². The van der Waals surface area contributed by atoms with Gasteiger partial charge in [0, 0.05) is 33.2 Å². The van der Waals surface area contributed by atoms with Crippen molar-refractivity contribution < 1.29 is 4.74 Å². The summed E-state index contributed by atoms with van der Waals surface area (Å²) < 4.78 is 6.63. The van der Waals surface area contributed by atoms with E-state index < -0.39 is 5.41 Å². The van der Waals surface area contributed by atoms with Gasteiger partial charge >= 0.3 is 0 Å². The van der Waals surface area contributed by atoms with Crippen LogP contribution in [-0.2, 0) is 10.8 Å². The number of fused-ring (bicyclic) bond motifs is 9. The summed E-state index contributed by atoms with van der Waals surface area (Å²) in [4.78, 5) is 15.1. The molecule has 4 heteroatoms. The summed E-state index contributed by atoms with van der Waals surface area (Å²) in [5, 5.41) is 2.33. The third-order valence-corrected chi connectivity index (χ3v) is 12.1. The van der Waals surface area contributed by atoms with Crippen molar-refractivity contribution in [2.24, 2.45) is 0 Å². The van der Waals surface area contributed by atoms with Crippen LogP contribution >= 0.6 is 0 Å². The Labute approximate surface area is 332 Å². The molecule has 8 aromatic carbocycles. The highest BCUT2D eigenvalue weighted by Crippen LogP contribution is 2.61. The number of hydrogen-bond donors (Lipinski definition) is 0. The van der Waals surface area contributed by atoms with Crippen LogP contribution in [0.2, 0.25) is 0 Å². The van der Waals surface area contributed by atoms with E-state index in [0.29, 0.717) is 17.5 Å². The molecule has 4 nitrogen and oxygen atoms in total. The summed E-state index contributed by atoms with van der Waals surface area (Å²) in [6, 6.07) is 66.7. The average Bonchev–Trinajstić information content (AvgIpc) is 3.28. The van der Waals surface area contributed by atoms with Gasteiger partial charge in [-0.2, -0.15) is 0 Å². The van der Waals surface area contributed by atoms with Gasteiger partial charge in [-0.15, -0.1) is 0 Å². The van der Waals surface area contributed by atoms with Crippen LogP contribution in [0.4, 0.5) is 0 Å². The van der Waals surface area contributed by atoms with Gasteiger partial charge in [0.25, 0.3) is 0 Å². The quantitative estimate of drug-likeness (QED) is 0.181. The maximum absolute atomic E-state index is 6.63. The first-order valence-electron chi connectivity index (χ1n) is 19.5. The van der Waals surface area contributed by atoms with Crippen molar-refractivity contribution in [2.75, 3.05) is 0 Å². The Morgan fingerprint density at radius 3 is 1.49 bits per heavy atom. The van der Waals surface area contributed by atoms with E-state index in [0.717, 1.165) is 55.8 Å². The fourth-order valence-corrected chi connectivity index (χ4v) is 9.29. The second kappa shape index (κ2) is 12.7. The summed E-state index contributed by atoms with van der Waals surface area (Å²) in [5.41, 5.74) is 11.8. The Hall–Kier alpha value is -7.17.